The fourth-order valence-electron chi connectivity index (χ4n) is 2.47. The van der Waals surface area contributed by atoms with Crippen LogP contribution in [0, 0.1) is 0 Å². The molecule has 108 valence electrons. The van der Waals surface area contributed by atoms with E-state index in [9.17, 15) is 0 Å². The van der Waals surface area contributed by atoms with Crippen molar-refractivity contribution in [3.05, 3.63) is 53.8 Å². The Morgan fingerprint density at radius 1 is 1.00 bits per heavy atom. The molecule has 2 heterocycles. The highest BCUT2D eigenvalue weighted by molar-refractivity contribution is 6.29. The molecular weight excluding hydrogens is 300 g/mol. The molecule has 0 aliphatic carbocycles. The number of para-hydroxylation sites is 1. The summed E-state index contributed by atoms with van der Waals surface area (Å²) in [5.74, 6) is 1.44. The summed E-state index contributed by atoms with van der Waals surface area (Å²) in [6.45, 7) is 0. The normalized spacial score (nSPS) is 11.2. The summed E-state index contributed by atoms with van der Waals surface area (Å²) in [5.41, 5.74) is 2.39. The number of methoxy groups -OCH3 is 1. The summed E-state index contributed by atoms with van der Waals surface area (Å²) in [6, 6.07) is 15.3. The molecule has 6 heteroatoms. The molecule has 0 N–H and O–H groups in total. The molecule has 22 heavy (non-hydrogen) atoms. The van der Waals surface area contributed by atoms with Crippen LogP contribution >= 0.6 is 11.6 Å². The van der Waals surface area contributed by atoms with E-state index in [-0.39, 0.29) is 0 Å². The molecule has 0 radical (unpaired) electrons. The second-order valence-corrected chi connectivity index (χ2v) is 5.15. The van der Waals surface area contributed by atoms with Gasteiger partial charge in [-0.3, -0.25) is 0 Å². The van der Waals surface area contributed by atoms with E-state index in [0.29, 0.717) is 16.8 Å². The molecule has 2 aromatic heterocycles. The Balaban J connectivity index is 2.01. The van der Waals surface area contributed by atoms with Gasteiger partial charge in [-0.1, -0.05) is 12.1 Å². The van der Waals surface area contributed by atoms with E-state index in [1.807, 2.05) is 48.5 Å². The fraction of sp³-hybridized carbons (Fsp3) is 0.0625. The first-order valence-corrected chi connectivity index (χ1v) is 7.09. The van der Waals surface area contributed by atoms with Crippen molar-refractivity contribution in [1.82, 2.24) is 19.6 Å². The Morgan fingerprint density at radius 2 is 1.77 bits per heavy atom. The van der Waals surface area contributed by atoms with Crippen molar-refractivity contribution in [2.75, 3.05) is 7.11 Å². The van der Waals surface area contributed by atoms with Gasteiger partial charge in [-0.2, -0.15) is 0 Å². The van der Waals surface area contributed by atoms with Crippen LogP contribution in [0.15, 0.2) is 48.5 Å². The summed E-state index contributed by atoms with van der Waals surface area (Å²) >= 11 is 6.34. The Bertz CT molecular complexity index is 979. The molecule has 0 aliphatic rings. The predicted molar refractivity (Wildman–Crippen MR) is 85.3 cm³/mol. The van der Waals surface area contributed by atoms with Crippen molar-refractivity contribution in [3.8, 4) is 17.1 Å². The van der Waals surface area contributed by atoms with E-state index >= 15 is 0 Å². The van der Waals surface area contributed by atoms with Crippen molar-refractivity contribution in [1.29, 1.82) is 0 Å². The number of nitrogens with zero attached hydrogens (tertiary/aromatic N) is 4. The van der Waals surface area contributed by atoms with Gasteiger partial charge in [0, 0.05) is 10.9 Å². The standard InChI is InChI=1S/C16H11ClN4O/c1-22-11-8-6-10(7-9-11)14-19-20-15-12-4-2-3-5-13(12)18-16(17)21(14)15/h2-9H,1H3. The zero-order chi connectivity index (χ0) is 15.1. The molecule has 5 nitrogen and oxygen atoms in total. The topological polar surface area (TPSA) is 52.3 Å². The van der Waals surface area contributed by atoms with Gasteiger partial charge in [-0.25, -0.2) is 9.38 Å². The molecule has 0 atom stereocenters. The monoisotopic (exact) mass is 310 g/mol. The van der Waals surface area contributed by atoms with Crippen molar-refractivity contribution in [3.63, 3.8) is 0 Å². The van der Waals surface area contributed by atoms with Crippen molar-refractivity contribution < 1.29 is 4.74 Å². The van der Waals surface area contributed by atoms with Gasteiger partial charge in [0.1, 0.15) is 5.75 Å². The third kappa shape index (κ3) is 1.90. The average Bonchev–Trinajstić information content (AvgIpc) is 3.01. The van der Waals surface area contributed by atoms with Crippen LogP contribution in [0.25, 0.3) is 27.9 Å². The van der Waals surface area contributed by atoms with Crippen LogP contribution in [0.2, 0.25) is 5.28 Å². The van der Waals surface area contributed by atoms with Gasteiger partial charge >= 0.3 is 0 Å². The Hall–Kier alpha value is -2.66. The zero-order valence-corrected chi connectivity index (χ0v) is 12.4. The van der Waals surface area contributed by atoms with Crippen LogP contribution in [0.3, 0.4) is 0 Å². The summed E-state index contributed by atoms with van der Waals surface area (Å²) in [7, 11) is 1.63. The van der Waals surface area contributed by atoms with Gasteiger partial charge in [-0.15, -0.1) is 10.2 Å². The van der Waals surface area contributed by atoms with Gasteiger partial charge in [0.2, 0.25) is 5.28 Å². The smallest absolute Gasteiger partial charge is 0.210 e. The van der Waals surface area contributed by atoms with Crippen LogP contribution in [0.5, 0.6) is 5.75 Å². The number of benzene rings is 2. The van der Waals surface area contributed by atoms with Crippen molar-refractivity contribution in [2.45, 2.75) is 0 Å². The summed E-state index contributed by atoms with van der Waals surface area (Å²) in [5, 5.41) is 9.82. The Kier molecular flexibility index (Phi) is 2.94. The first-order chi connectivity index (χ1) is 10.8. The molecule has 4 aromatic rings. The van der Waals surface area contributed by atoms with Gasteiger partial charge in [0.25, 0.3) is 0 Å². The summed E-state index contributed by atoms with van der Waals surface area (Å²) in [6.07, 6.45) is 0. The lowest BCUT2D eigenvalue weighted by atomic mass is 10.2. The number of aromatic nitrogens is 4. The first-order valence-electron chi connectivity index (χ1n) is 6.72. The van der Waals surface area contributed by atoms with Crippen LogP contribution in [-0.4, -0.2) is 26.7 Å². The lowest BCUT2D eigenvalue weighted by Gasteiger charge is -2.05. The molecule has 0 amide bonds. The Morgan fingerprint density at radius 3 is 2.55 bits per heavy atom. The third-order valence-corrected chi connectivity index (χ3v) is 3.81. The second-order valence-electron chi connectivity index (χ2n) is 4.81. The van der Waals surface area contributed by atoms with Gasteiger partial charge in [0.05, 0.1) is 12.6 Å². The molecule has 0 spiro atoms. The third-order valence-electron chi connectivity index (χ3n) is 3.55. The number of fused-ring (bicyclic) bond motifs is 3. The number of halogens is 1. The largest absolute Gasteiger partial charge is 0.497 e. The number of ether oxygens (including phenoxy) is 1. The zero-order valence-electron chi connectivity index (χ0n) is 11.7. The highest BCUT2D eigenvalue weighted by atomic mass is 35.5. The molecule has 0 unspecified atom stereocenters. The number of rotatable bonds is 2. The lowest BCUT2D eigenvalue weighted by Crippen LogP contribution is -1.95. The van der Waals surface area contributed by atoms with E-state index in [1.54, 1.807) is 11.5 Å². The van der Waals surface area contributed by atoms with Crippen LogP contribution in [-0.2, 0) is 0 Å². The van der Waals surface area contributed by atoms with Gasteiger partial charge in [0.15, 0.2) is 11.5 Å². The maximum absolute atomic E-state index is 6.34. The summed E-state index contributed by atoms with van der Waals surface area (Å²) < 4.78 is 6.93. The summed E-state index contributed by atoms with van der Waals surface area (Å²) in [4.78, 5) is 4.42. The van der Waals surface area contributed by atoms with E-state index < -0.39 is 0 Å². The van der Waals surface area contributed by atoms with Crippen LogP contribution in [0.1, 0.15) is 0 Å². The maximum atomic E-state index is 6.34. The van der Waals surface area contributed by atoms with Crippen molar-refractivity contribution >= 4 is 28.2 Å². The molecule has 0 saturated heterocycles. The van der Waals surface area contributed by atoms with E-state index in [2.05, 4.69) is 15.2 Å². The average molecular weight is 311 g/mol. The Labute approximate surface area is 131 Å². The van der Waals surface area contributed by atoms with Crippen LogP contribution in [0.4, 0.5) is 0 Å². The quantitative estimate of drug-likeness (QED) is 0.531. The van der Waals surface area contributed by atoms with Crippen molar-refractivity contribution in [2.24, 2.45) is 0 Å². The predicted octanol–water partition coefficient (Wildman–Crippen LogP) is 3.61. The SMILES string of the molecule is COc1ccc(-c2nnc3c4ccccc4nc(Cl)n23)cc1. The molecule has 0 saturated carbocycles. The molecule has 0 aliphatic heterocycles. The molecule has 0 bridgehead atoms. The van der Waals surface area contributed by atoms with Gasteiger partial charge < -0.3 is 4.74 Å². The number of hydrogen-bond acceptors (Lipinski definition) is 4. The van der Waals surface area contributed by atoms with Gasteiger partial charge in [-0.05, 0) is 48.0 Å². The minimum absolute atomic E-state index is 0.338. The lowest BCUT2D eigenvalue weighted by molar-refractivity contribution is 0.415. The second kappa shape index (κ2) is 4.96. The molecule has 2 aromatic carbocycles. The first kappa shape index (κ1) is 13.0. The highest BCUT2D eigenvalue weighted by Crippen LogP contribution is 2.27. The molecule has 0 fully saturated rings. The molecular formula is C16H11ClN4O. The minimum Gasteiger partial charge on any atom is -0.497 e. The highest BCUT2D eigenvalue weighted by Gasteiger charge is 2.14. The number of hydrogen-bond donors (Lipinski definition) is 0. The van der Waals surface area contributed by atoms with E-state index in [0.717, 1.165) is 22.2 Å². The van der Waals surface area contributed by atoms with Crippen LogP contribution < -0.4 is 4.74 Å². The molecule has 4 rings (SSSR count). The minimum atomic E-state index is 0.338. The van der Waals surface area contributed by atoms with E-state index in [4.69, 9.17) is 16.3 Å². The van der Waals surface area contributed by atoms with E-state index in [1.165, 1.54) is 0 Å². The fourth-order valence-corrected chi connectivity index (χ4v) is 2.72. The maximum Gasteiger partial charge on any atom is 0.210 e.